The minimum absolute atomic E-state index is 0.0983. The number of rotatable bonds is 4. The molecular formula is C18H17N3O. The number of nitrogens with zero attached hydrogens (tertiary/aromatic N) is 1. The second kappa shape index (κ2) is 6.26. The van der Waals surface area contributed by atoms with Crippen molar-refractivity contribution in [1.29, 1.82) is 0 Å². The zero-order valence-corrected chi connectivity index (χ0v) is 12.3. The highest BCUT2D eigenvalue weighted by Crippen LogP contribution is 2.19. The second-order valence-corrected chi connectivity index (χ2v) is 5.18. The number of fused-ring (bicyclic) bond motifs is 1. The zero-order valence-electron chi connectivity index (χ0n) is 12.3. The molecule has 0 saturated carbocycles. The summed E-state index contributed by atoms with van der Waals surface area (Å²) < 4.78 is 0. The van der Waals surface area contributed by atoms with Crippen LogP contribution in [0.25, 0.3) is 10.9 Å². The summed E-state index contributed by atoms with van der Waals surface area (Å²) in [6, 6.07) is 19.5. The molecule has 0 saturated heterocycles. The van der Waals surface area contributed by atoms with Gasteiger partial charge in [0.1, 0.15) is 5.82 Å². The molecule has 0 unspecified atom stereocenters. The molecule has 4 heteroatoms. The molecule has 0 aliphatic heterocycles. The molecule has 1 amide bonds. The highest BCUT2D eigenvalue weighted by Gasteiger charge is 2.05. The molecule has 0 radical (unpaired) electrons. The molecule has 3 rings (SSSR count). The van der Waals surface area contributed by atoms with Gasteiger partial charge in [-0.2, -0.15) is 0 Å². The molecule has 3 aromatic rings. The first kappa shape index (κ1) is 14.1. The van der Waals surface area contributed by atoms with E-state index in [0.29, 0.717) is 12.2 Å². The third-order valence-corrected chi connectivity index (χ3v) is 3.46. The van der Waals surface area contributed by atoms with Crippen LogP contribution >= 0.6 is 0 Å². The molecule has 0 aliphatic carbocycles. The van der Waals surface area contributed by atoms with E-state index >= 15 is 0 Å². The maximum absolute atomic E-state index is 11.9. The van der Waals surface area contributed by atoms with E-state index in [4.69, 9.17) is 0 Å². The van der Waals surface area contributed by atoms with E-state index in [1.807, 2.05) is 67.6 Å². The van der Waals surface area contributed by atoms with Gasteiger partial charge in [-0.25, -0.2) is 4.98 Å². The summed E-state index contributed by atoms with van der Waals surface area (Å²) in [5.74, 6) is 0.538. The number of para-hydroxylation sites is 1. The van der Waals surface area contributed by atoms with Crippen molar-refractivity contribution in [2.45, 2.75) is 13.3 Å². The first-order valence-electron chi connectivity index (χ1n) is 7.17. The van der Waals surface area contributed by atoms with E-state index in [9.17, 15) is 4.79 Å². The maximum Gasteiger partial charge on any atom is 0.242 e. The molecule has 1 heterocycles. The Kier molecular flexibility index (Phi) is 4.01. The van der Waals surface area contributed by atoms with Gasteiger partial charge in [0.2, 0.25) is 5.91 Å². The van der Waals surface area contributed by atoms with Crippen LogP contribution < -0.4 is 10.9 Å². The van der Waals surface area contributed by atoms with Gasteiger partial charge in [0.15, 0.2) is 0 Å². The third-order valence-electron chi connectivity index (χ3n) is 3.46. The largest absolute Gasteiger partial charge is 0.282 e. The van der Waals surface area contributed by atoms with E-state index in [1.54, 1.807) is 0 Å². The lowest BCUT2D eigenvalue weighted by Gasteiger charge is -2.10. The van der Waals surface area contributed by atoms with Crippen LogP contribution in [0.2, 0.25) is 0 Å². The molecule has 0 bridgehead atoms. The van der Waals surface area contributed by atoms with E-state index < -0.39 is 0 Å². The van der Waals surface area contributed by atoms with Gasteiger partial charge in [0, 0.05) is 5.39 Å². The first-order chi connectivity index (χ1) is 10.7. The van der Waals surface area contributed by atoms with Crippen molar-refractivity contribution in [2.75, 3.05) is 5.43 Å². The monoisotopic (exact) mass is 291 g/mol. The van der Waals surface area contributed by atoms with Crippen LogP contribution in [0.15, 0.2) is 60.7 Å². The summed E-state index contributed by atoms with van der Waals surface area (Å²) in [6.45, 7) is 2.03. The maximum atomic E-state index is 11.9. The molecule has 0 aliphatic rings. The number of carbonyl (C=O) groups excluding carboxylic acids is 1. The highest BCUT2D eigenvalue weighted by molar-refractivity contribution is 5.84. The molecule has 110 valence electrons. The second-order valence-electron chi connectivity index (χ2n) is 5.18. The zero-order chi connectivity index (χ0) is 15.4. The fourth-order valence-corrected chi connectivity index (χ4v) is 2.37. The van der Waals surface area contributed by atoms with E-state index in [2.05, 4.69) is 15.8 Å². The summed E-state index contributed by atoms with van der Waals surface area (Å²) in [5.41, 5.74) is 8.57. The fraction of sp³-hybridized carbons (Fsp3) is 0.111. The molecule has 0 spiro atoms. The van der Waals surface area contributed by atoms with E-state index in [1.165, 1.54) is 0 Å². The molecule has 0 fully saturated rings. The number of anilines is 1. The van der Waals surface area contributed by atoms with Gasteiger partial charge in [-0.3, -0.25) is 15.6 Å². The number of hydrogen-bond acceptors (Lipinski definition) is 3. The summed E-state index contributed by atoms with van der Waals surface area (Å²) in [4.78, 5) is 16.4. The van der Waals surface area contributed by atoms with Crippen molar-refractivity contribution < 1.29 is 4.79 Å². The number of benzene rings is 2. The van der Waals surface area contributed by atoms with Gasteiger partial charge in [0.05, 0.1) is 11.9 Å². The smallest absolute Gasteiger partial charge is 0.242 e. The topological polar surface area (TPSA) is 54.0 Å². The number of pyridine rings is 1. The Morgan fingerprint density at radius 2 is 1.77 bits per heavy atom. The lowest BCUT2D eigenvalue weighted by atomic mass is 10.1. The number of hydrazine groups is 1. The minimum Gasteiger partial charge on any atom is -0.282 e. The fourth-order valence-electron chi connectivity index (χ4n) is 2.37. The van der Waals surface area contributed by atoms with Crippen LogP contribution in [-0.4, -0.2) is 10.9 Å². The van der Waals surface area contributed by atoms with Crippen molar-refractivity contribution in [3.63, 3.8) is 0 Å². The third kappa shape index (κ3) is 3.23. The SMILES string of the molecule is Cc1cc(NNC(=O)Cc2ccccc2)nc2ccccc12. The quantitative estimate of drug-likeness (QED) is 0.726. The van der Waals surface area contributed by atoms with Gasteiger partial charge in [-0.05, 0) is 30.2 Å². The van der Waals surface area contributed by atoms with Crippen molar-refractivity contribution >= 4 is 22.6 Å². The Morgan fingerprint density at radius 3 is 2.59 bits per heavy atom. The van der Waals surface area contributed by atoms with Gasteiger partial charge in [0.25, 0.3) is 0 Å². The number of aryl methyl sites for hydroxylation is 1. The van der Waals surface area contributed by atoms with Crippen molar-refractivity contribution in [3.8, 4) is 0 Å². The van der Waals surface area contributed by atoms with Crippen LogP contribution in [0.1, 0.15) is 11.1 Å². The lowest BCUT2D eigenvalue weighted by molar-refractivity contribution is -0.119. The van der Waals surface area contributed by atoms with Crippen molar-refractivity contribution in [2.24, 2.45) is 0 Å². The Hall–Kier alpha value is -2.88. The molecule has 0 atom stereocenters. The van der Waals surface area contributed by atoms with E-state index in [-0.39, 0.29) is 5.91 Å². The minimum atomic E-state index is -0.0983. The van der Waals surface area contributed by atoms with Crippen LogP contribution in [0.3, 0.4) is 0 Å². The summed E-state index contributed by atoms with van der Waals surface area (Å²) in [7, 11) is 0. The van der Waals surface area contributed by atoms with Crippen molar-refractivity contribution in [3.05, 3.63) is 71.8 Å². The molecule has 1 aromatic heterocycles. The Labute approximate surface area is 129 Å². The average Bonchev–Trinajstić information content (AvgIpc) is 2.54. The molecule has 22 heavy (non-hydrogen) atoms. The van der Waals surface area contributed by atoms with Crippen LogP contribution in [-0.2, 0) is 11.2 Å². The van der Waals surface area contributed by atoms with E-state index in [0.717, 1.165) is 22.0 Å². The van der Waals surface area contributed by atoms with Crippen LogP contribution in [0.5, 0.6) is 0 Å². The normalized spacial score (nSPS) is 10.4. The Balaban J connectivity index is 1.67. The number of carbonyl (C=O) groups is 1. The summed E-state index contributed by atoms with van der Waals surface area (Å²) >= 11 is 0. The van der Waals surface area contributed by atoms with Gasteiger partial charge < -0.3 is 0 Å². The molecule has 4 nitrogen and oxygen atoms in total. The van der Waals surface area contributed by atoms with Gasteiger partial charge in [-0.1, -0.05) is 48.5 Å². The Bertz CT molecular complexity index is 800. The summed E-state index contributed by atoms with van der Waals surface area (Å²) in [5, 5.41) is 1.11. The van der Waals surface area contributed by atoms with Gasteiger partial charge >= 0.3 is 0 Å². The lowest BCUT2D eigenvalue weighted by Crippen LogP contribution is -2.31. The Morgan fingerprint density at radius 1 is 1.05 bits per heavy atom. The molecular weight excluding hydrogens is 274 g/mol. The number of nitrogens with one attached hydrogen (secondary N) is 2. The highest BCUT2D eigenvalue weighted by atomic mass is 16.2. The summed E-state index contributed by atoms with van der Waals surface area (Å²) in [6.07, 6.45) is 0.334. The first-order valence-corrected chi connectivity index (χ1v) is 7.17. The van der Waals surface area contributed by atoms with Gasteiger partial charge in [-0.15, -0.1) is 0 Å². The predicted molar refractivity (Wildman–Crippen MR) is 88.4 cm³/mol. The van der Waals surface area contributed by atoms with Crippen LogP contribution in [0.4, 0.5) is 5.82 Å². The van der Waals surface area contributed by atoms with Crippen molar-refractivity contribution in [1.82, 2.24) is 10.4 Å². The number of amides is 1. The van der Waals surface area contributed by atoms with Crippen LogP contribution in [0, 0.1) is 6.92 Å². The number of hydrogen-bond donors (Lipinski definition) is 2. The molecule has 2 aromatic carbocycles. The molecule has 2 N–H and O–H groups in total. The number of aromatic nitrogens is 1. The predicted octanol–water partition coefficient (Wildman–Crippen LogP) is 3.23. The standard InChI is InChI=1S/C18H17N3O/c1-13-11-17(19-16-10-6-5-9-15(13)16)20-21-18(22)12-14-7-3-2-4-8-14/h2-11H,12H2,1H3,(H,19,20)(H,21,22). The average molecular weight is 291 g/mol.